The quantitative estimate of drug-likeness (QED) is 0.545. The third-order valence-corrected chi connectivity index (χ3v) is 7.50. The number of ether oxygens (including phenoxy) is 1. The van der Waals surface area contributed by atoms with Crippen molar-refractivity contribution >= 4 is 18.0 Å². The Morgan fingerprint density at radius 3 is 2.24 bits per heavy atom. The third kappa shape index (κ3) is 4.65. The maximum absolute atomic E-state index is 12.7. The number of hydrogen-bond acceptors (Lipinski definition) is 4. The van der Waals surface area contributed by atoms with E-state index in [0.717, 1.165) is 19.3 Å². The van der Waals surface area contributed by atoms with Crippen LogP contribution in [0.2, 0.25) is 0 Å². The van der Waals surface area contributed by atoms with Crippen molar-refractivity contribution in [1.82, 2.24) is 10.6 Å². The summed E-state index contributed by atoms with van der Waals surface area (Å²) < 4.78 is 5.67. The molecule has 5 rings (SSSR count). The first-order valence-electron chi connectivity index (χ1n) is 12.1. The fourth-order valence-electron chi connectivity index (χ4n) is 5.63. The van der Waals surface area contributed by atoms with Crippen molar-refractivity contribution in [3.05, 3.63) is 59.7 Å². The number of carbonyl (C=O) groups is 3. The van der Waals surface area contributed by atoms with Crippen molar-refractivity contribution in [2.75, 3.05) is 6.61 Å². The molecule has 0 saturated heterocycles. The second-order valence-corrected chi connectivity index (χ2v) is 9.87. The van der Waals surface area contributed by atoms with Gasteiger partial charge in [0.1, 0.15) is 6.61 Å². The van der Waals surface area contributed by atoms with Crippen molar-refractivity contribution in [3.63, 3.8) is 0 Å². The Kier molecular flexibility index (Phi) is 6.02. The molecule has 34 heavy (non-hydrogen) atoms. The minimum atomic E-state index is -0.895. The Morgan fingerprint density at radius 2 is 1.62 bits per heavy atom. The van der Waals surface area contributed by atoms with Crippen LogP contribution < -0.4 is 10.6 Å². The van der Waals surface area contributed by atoms with Crippen LogP contribution in [0.15, 0.2) is 48.5 Å². The van der Waals surface area contributed by atoms with Gasteiger partial charge >= 0.3 is 12.1 Å². The number of carboxylic acids is 1. The molecule has 7 nitrogen and oxygen atoms in total. The molecule has 2 saturated carbocycles. The highest BCUT2D eigenvalue weighted by Gasteiger charge is 2.46. The standard InChI is InChI=1S/C27H30N2O5/c30-24(29-27(12-13-27)15-25(31)32)14-17-6-5-11-23(17)28-26(33)34-16-22-20-9-3-1-7-18(20)19-8-2-4-10-21(19)22/h1-4,7-10,17,22-23H,5-6,11-16H2,(H,28,33)(H,29,30)(H,31,32)/t17-,23+/m0/s1. The predicted molar refractivity (Wildman–Crippen MR) is 126 cm³/mol. The van der Waals surface area contributed by atoms with Gasteiger partial charge in [0, 0.05) is 18.4 Å². The van der Waals surface area contributed by atoms with Crippen molar-refractivity contribution in [2.24, 2.45) is 5.92 Å². The highest BCUT2D eigenvalue weighted by Crippen LogP contribution is 2.44. The van der Waals surface area contributed by atoms with Crippen LogP contribution in [-0.4, -0.2) is 41.3 Å². The Hall–Kier alpha value is -3.35. The van der Waals surface area contributed by atoms with Crippen LogP contribution in [0.3, 0.4) is 0 Å². The molecule has 3 aliphatic rings. The minimum absolute atomic E-state index is 0.00673. The number of nitrogens with one attached hydrogen (secondary N) is 2. The topological polar surface area (TPSA) is 105 Å². The minimum Gasteiger partial charge on any atom is -0.481 e. The van der Waals surface area contributed by atoms with Crippen molar-refractivity contribution in [3.8, 4) is 11.1 Å². The molecule has 3 N–H and O–H groups in total. The van der Waals surface area contributed by atoms with Crippen molar-refractivity contribution in [2.45, 2.75) is 62.4 Å². The molecule has 178 valence electrons. The first kappa shape index (κ1) is 22.4. The van der Waals surface area contributed by atoms with E-state index in [2.05, 4.69) is 34.9 Å². The first-order valence-corrected chi connectivity index (χ1v) is 12.1. The zero-order valence-corrected chi connectivity index (χ0v) is 19.1. The van der Waals surface area contributed by atoms with Crippen LogP contribution in [0.5, 0.6) is 0 Å². The van der Waals surface area contributed by atoms with Gasteiger partial charge in [0.05, 0.1) is 12.0 Å². The van der Waals surface area contributed by atoms with E-state index in [1.165, 1.54) is 22.3 Å². The molecule has 0 aromatic heterocycles. The maximum Gasteiger partial charge on any atom is 0.407 e. The zero-order chi connectivity index (χ0) is 23.7. The summed E-state index contributed by atoms with van der Waals surface area (Å²) in [5, 5.41) is 15.0. The lowest BCUT2D eigenvalue weighted by molar-refractivity contribution is -0.138. The molecule has 0 bridgehead atoms. The Balaban J connectivity index is 1.15. The lowest BCUT2D eigenvalue weighted by Gasteiger charge is -2.23. The Morgan fingerprint density at radius 1 is 0.971 bits per heavy atom. The monoisotopic (exact) mass is 462 g/mol. The summed E-state index contributed by atoms with van der Waals surface area (Å²) in [4.78, 5) is 36.3. The number of fused-ring (bicyclic) bond motifs is 3. The molecule has 0 spiro atoms. The lowest BCUT2D eigenvalue weighted by Crippen LogP contribution is -2.43. The van der Waals surface area contributed by atoms with E-state index < -0.39 is 17.6 Å². The number of carbonyl (C=O) groups excluding carboxylic acids is 2. The van der Waals surface area contributed by atoms with E-state index in [9.17, 15) is 14.4 Å². The molecule has 2 amide bonds. The van der Waals surface area contributed by atoms with E-state index in [1.54, 1.807) is 0 Å². The fraction of sp³-hybridized carbons (Fsp3) is 0.444. The number of rotatable bonds is 8. The van der Waals surface area contributed by atoms with Gasteiger partial charge in [0.25, 0.3) is 0 Å². The second-order valence-electron chi connectivity index (χ2n) is 9.87. The van der Waals surface area contributed by atoms with Crippen molar-refractivity contribution < 1.29 is 24.2 Å². The molecule has 7 heteroatoms. The van der Waals surface area contributed by atoms with Gasteiger partial charge in [-0.2, -0.15) is 0 Å². The molecule has 2 atom stereocenters. The molecular formula is C27H30N2O5. The molecule has 2 fully saturated rings. The number of aliphatic carboxylic acids is 1. The second kappa shape index (κ2) is 9.12. The van der Waals surface area contributed by atoms with Gasteiger partial charge in [-0.1, -0.05) is 55.0 Å². The summed E-state index contributed by atoms with van der Waals surface area (Å²) >= 11 is 0. The van der Waals surface area contributed by atoms with Gasteiger partial charge in [-0.15, -0.1) is 0 Å². The average Bonchev–Trinajstić information content (AvgIpc) is 3.28. The number of alkyl carbamates (subject to hydrolysis) is 1. The molecule has 3 aliphatic carbocycles. The van der Waals surface area contributed by atoms with Gasteiger partial charge < -0.3 is 20.5 Å². The lowest BCUT2D eigenvalue weighted by atomic mass is 9.98. The van der Waals surface area contributed by atoms with E-state index in [4.69, 9.17) is 9.84 Å². The molecule has 0 aliphatic heterocycles. The molecular weight excluding hydrogens is 432 g/mol. The van der Waals surface area contributed by atoms with Crippen LogP contribution in [0.1, 0.15) is 62.0 Å². The molecule has 0 heterocycles. The maximum atomic E-state index is 12.7. The Labute approximate surface area is 198 Å². The van der Waals surface area contributed by atoms with E-state index in [-0.39, 0.29) is 43.2 Å². The van der Waals surface area contributed by atoms with Crippen LogP contribution in [0.25, 0.3) is 11.1 Å². The molecule has 0 radical (unpaired) electrons. The number of hydrogen-bond donors (Lipinski definition) is 3. The smallest absolute Gasteiger partial charge is 0.407 e. The van der Waals surface area contributed by atoms with Gasteiger partial charge in [-0.3, -0.25) is 9.59 Å². The van der Waals surface area contributed by atoms with E-state index in [1.807, 2.05) is 24.3 Å². The van der Waals surface area contributed by atoms with E-state index in [0.29, 0.717) is 12.8 Å². The van der Waals surface area contributed by atoms with Crippen LogP contribution in [-0.2, 0) is 14.3 Å². The van der Waals surface area contributed by atoms with Gasteiger partial charge in [-0.25, -0.2) is 4.79 Å². The summed E-state index contributed by atoms with van der Waals surface area (Å²) in [6.07, 6.45) is 3.81. The van der Waals surface area contributed by atoms with Crippen LogP contribution in [0.4, 0.5) is 4.79 Å². The molecule has 0 unspecified atom stereocenters. The zero-order valence-electron chi connectivity index (χ0n) is 19.1. The fourth-order valence-corrected chi connectivity index (χ4v) is 5.63. The summed E-state index contributed by atoms with van der Waals surface area (Å²) in [5.41, 5.74) is 4.14. The predicted octanol–water partition coefficient (Wildman–Crippen LogP) is 4.21. The number of benzene rings is 2. The van der Waals surface area contributed by atoms with Crippen LogP contribution >= 0.6 is 0 Å². The summed E-state index contributed by atoms with van der Waals surface area (Å²) in [5.74, 6) is -0.994. The average molecular weight is 463 g/mol. The van der Waals surface area contributed by atoms with Crippen LogP contribution in [0, 0.1) is 5.92 Å². The van der Waals surface area contributed by atoms with Gasteiger partial charge in [-0.05, 0) is 53.9 Å². The van der Waals surface area contributed by atoms with Gasteiger partial charge in [0.15, 0.2) is 0 Å². The summed E-state index contributed by atoms with van der Waals surface area (Å²) in [7, 11) is 0. The third-order valence-electron chi connectivity index (χ3n) is 7.50. The van der Waals surface area contributed by atoms with E-state index >= 15 is 0 Å². The molecule has 2 aromatic carbocycles. The number of amides is 2. The molecule has 2 aromatic rings. The number of carboxylic acid groups (broad SMARTS) is 1. The SMILES string of the molecule is O=C(O)CC1(NC(=O)C[C@@H]2CCC[C@H]2NC(=O)OCC2c3ccccc3-c3ccccc32)CC1. The highest BCUT2D eigenvalue weighted by molar-refractivity contribution is 5.80. The normalized spacial score (nSPS) is 21.9. The van der Waals surface area contributed by atoms with Crippen molar-refractivity contribution in [1.29, 1.82) is 0 Å². The highest BCUT2D eigenvalue weighted by atomic mass is 16.5. The largest absolute Gasteiger partial charge is 0.481 e. The summed E-state index contributed by atoms with van der Waals surface area (Å²) in [6.45, 7) is 0.259. The Bertz CT molecular complexity index is 1060. The van der Waals surface area contributed by atoms with Gasteiger partial charge in [0.2, 0.25) is 5.91 Å². The summed E-state index contributed by atoms with van der Waals surface area (Å²) in [6, 6.07) is 16.3. The first-order chi connectivity index (χ1) is 16.4.